The summed E-state index contributed by atoms with van der Waals surface area (Å²) in [5.41, 5.74) is 8.43. The van der Waals surface area contributed by atoms with Crippen molar-refractivity contribution in [2.45, 2.75) is 58.2 Å². The van der Waals surface area contributed by atoms with Gasteiger partial charge in [-0.25, -0.2) is 0 Å². The first-order valence-corrected chi connectivity index (χ1v) is 7.67. The van der Waals surface area contributed by atoms with Crippen LogP contribution in [0.5, 0.6) is 0 Å². The SMILES string of the molecule is CCC1CCC(C)N1c1ccc([C@H](C)N)cc1Br. The molecule has 1 aliphatic heterocycles. The number of hydrogen-bond acceptors (Lipinski definition) is 2. The number of anilines is 1. The normalized spacial score (nSPS) is 25.5. The fourth-order valence-corrected chi connectivity index (χ4v) is 3.52. The van der Waals surface area contributed by atoms with Crippen LogP contribution in [0.15, 0.2) is 22.7 Å². The van der Waals surface area contributed by atoms with E-state index >= 15 is 0 Å². The fraction of sp³-hybridized carbons (Fsp3) is 0.600. The molecule has 18 heavy (non-hydrogen) atoms. The van der Waals surface area contributed by atoms with E-state index in [4.69, 9.17) is 5.73 Å². The molecule has 100 valence electrons. The third-order valence-electron chi connectivity index (χ3n) is 4.03. The van der Waals surface area contributed by atoms with E-state index in [2.05, 4.69) is 52.9 Å². The molecule has 2 N–H and O–H groups in total. The molecule has 0 saturated carbocycles. The van der Waals surface area contributed by atoms with Crippen LogP contribution in [0.1, 0.15) is 51.6 Å². The Bertz CT molecular complexity index is 417. The second-order valence-corrected chi connectivity index (χ2v) is 6.25. The van der Waals surface area contributed by atoms with Gasteiger partial charge in [0.1, 0.15) is 0 Å². The number of nitrogens with zero attached hydrogens (tertiary/aromatic N) is 1. The van der Waals surface area contributed by atoms with E-state index in [-0.39, 0.29) is 6.04 Å². The fourth-order valence-electron chi connectivity index (χ4n) is 2.92. The molecule has 1 aromatic carbocycles. The van der Waals surface area contributed by atoms with Crippen molar-refractivity contribution in [3.05, 3.63) is 28.2 Å². The van der Waals surface area contributed by atoms with Gasteiger partial charge in [0.15, 0.2) is 0 Å². The highest BCUT2D eigenvalue weighted by molar-refractivity contribution is 9.10. The van der Waals surface area contributed by atoms with Gasteiger partial charge in [-0.1, -0.05) is 13.0 Å². The monoisotopic (exact) mass is 310 g/mol. The molecule has 1 fully saturated rings. The Labute approximate surface area is 119 Å². The maximum absolute atomic E-state index is 5.93. The smallest absolute Gasteiger partial charge is 0.0515 e. The zero-order valence-corrected chi connectivity index (χ0v) is 13.1. The van der Waals surface area contributed by atoms with Crippen molar-refractivity contribution in [2.24, 2.45) is 5.73 Å². The van der Waals surface area contributed by atoms with Crippen LogP contribution in [0.4, 0.5) is 5.69 Å². The minimum Gasteiger partial charge on any atom is -0.365 e. The lowest BCUT2D eigenvalue weighted by molar-refractivity contribution is 0.627. The maximum Gasteiger partial charge on any atom is 0.0515 e. The second-order valence-electron chi connectivity index (χ2n) is 5.40. The predicted octanol–water partition coefficient (Wildman–Crippen LogP) is 4.24. The zero-order chi connectivity index (χ0) is 13.3. The van der Waals surface area contributed by atoms with Crippen molar-refractivity contribution in [3.63, 3.8) is 0 Å². The number of halogens is 1. The summed E-state index contributed by atoms with van der Waals surface area (Å²) in [7, 11) is 0. The topological polar surface area (TPSA) is 29.3 Å². The van der Waals surface area contributed by atoms with Crippen LogP contribution in [0.2, 0.25) is 0 Å². The van der Waals surface area contributed by atoms with Crippen molar-refractivity contribution in [3.8, 4) is 0 Å². The number of benzene rings is 1. The lowest BCUT2D eigenvalue weighted by Gasteiger charge is -2.31. The molecule has 1 heterocycles. The van der Waals surface area contributed by atoms with E-state index in [0.717, 1.165) is 0 Å². The molecule has 1 aromatic rings. The average Bonchev–Trinajstić information content (AvgIpc) is 2.70. The Morgan fingerprint density at radius 3 is 2.72 bits per heavy atom. The van der Waals surface area contributed by atoms with Gasteiger partial charge in [0, 0.05) is 22.6 Å². The van der Waals surface area contributed by atoms with Crippen LogP contribution in [0, 0.1) is 0 Å². The molecule has 2 unspecified atom stereocenters. The molecular formula is C15H23BrN2. The molecular weight excluding hydrogens is 288 g/mol. The van der Waals surface area contributed by atoms with Crippen LogP contribution in [0.25, 0.3) is 0 Å². The Balaban J connectivity index is 2.33. The molecule has 0 bridgehead atoms. The van der Waals surface area contributed by atoms with E-state index in [1.165, 1.54) is 35.0 Å². The minimum absolute atomic E-state index is 0.0910. The van der Waals surface area contributed by atoms with Gasteiger partial charge in [-0.15, -0.1) is 0 Å². The molecule has 0 spiro atoms. The third-order valence-corrected chi connectivity index (χ3v) is 4.67. The first-order chi connectivity index (χ1) is 8.54. The quantitative estimate of drug-likeness (QED) is 0.905. The van der Waals surface area contributed by atoms with Crippen molar-refractivity contribution in [1.29, 1.82) is 0 Å². The summed E-state index contributed by atoms with van der Waals surface area (Å²) in [4.78, 5) is 2.56. The van der Waals surface area contributed by atoms with Gasteiger partial charge in [0.25, 0.3) is 0 Å². The predicted molar refractivity (Wildman–Crippen MR) is 82.0 cm³/mol. The zero-order valence-electron chi connectivity index (χ0n) is 11.5. The molecule has 1 aliphatic rings. The van der Waals surface area contributed by atoms with Gasteiger partial charge < -0.3 is 10.6 Å². The first kappa shape index (κ1) is 13.9. The van der Waals surface area contributed by atoms with Crippen molar-refractivity contribution in [1.82, 2.24) is 0 Å². The van der Waals surface area contributed by atoms with Gasteiger partial charge >= 0.3 is 0 Å². The highest BCUT2D eigenvalue weighted by Crippen LogP contribution is 2.37. The molecule has 3 heteroatoms. The van der Waals surface area contributed by atoms with Gasteiger partial charge in [0.05, 0.1) is 5.69 Å². The highest BCUT2D eigenvalue weighted by atomic mass is 79.9. The summed E-state index contributed by atoms with van der Waals surface area (Å²) in [6.07, 6.45) is 3.81. The van der Waals surface area contributed by atoms with E-state index in [9.17, 15) is 0 Å². The van der Waals surface area contributed by atoms with Gasteiger partial charge in [-0.05, 0) is 66.7 Å². The Hall–Kier alpha value is -0.540. The van der Waals surface area contributed by atoms with Crippen molar-refractivity contribution >= 4 is 21.6 Å². The Kier molecular flexibility index (Phi) is 4.33. The highest BCUT2D eigenvalue weighted by Gasteiger charge is 2.30. The maximum atomic E-state index is 5.93. The Morgan fingerprint density at radius 1 is 1.44 bits per heavy atom. The first-order valence-electron chi connectivity index (χ1n) is 6.88. The molecule has 2 rings (SSSR count). The summed E-state index contributed by atoms with van der Waals surface area (Å²) in [6, 6.07) is 7.94. The summed E-state index contributed by atoms with van der Waals surface area (Å²) < 4.78 is 1.17. The summed E-state index contributed by atoms with van der Waals surface area (Å²) in [5, 5.41) is 0. The minimum atomic E-state index is 0.0910. The van der Waals surface area contributed by atoms with Crippen LogP contribution in [0.3, 0.4) is 0 Å². The van der Waals surface area contributed by atoms with E-state index in [0.29, 0.717) is 12.1 Å². The molecule has 0 amide bonds. The lowest BCUT2D eigenvalue weighted by atomic mass is 10.1. The lowest BCUT2D eigenvalue weighted by Crippen LogP contribution is -2.34. The standard InChI is InChI=1S/C15H23BrN2/c1-4-13-7-5-10(2)18(13)15-8-6-12(11(3)17)9-14(15)16/h6,8-11,13H,4-5,7,17H2,1-3H3/t10?,11-,13?/m0/s1. The molecule has 0 radical (unpaired) electrons. The number of rotatable bonds is 3. The second kappa shape index (κ2) is 5.62. The van der Waals surface area contributed by atoms with Crippen LogP contribution < -0.4 is 10.6 Å². The number of hydrogen-bond donors (Lipinski definition) is 1. The van der Waals surface area contributed by atoms with Gasteiger partial charge in [-0.3, -0.25) is 0 Å². The van der Waals surface area contributed by atoms with E-state index < -0.39 is 0 Å². The third kappa shape index (κ3) is 2.57. The van der Waals surface area contributed by atoms with E-state index in [1.54, 1.807) is 0 Å². The average molecular weight is 311 g/mol. The van der Waals surface area contributed by atoms with E-state index in [1.807, 2.05) is 6.92 Å². The summed E-state index contributed by atoms with van der Waals surface area (Å²) >= 11 is 3.71. The van der Waals surface area contributed by atoms with Crippen molar-refractivity contribution in [2.75, 3.05) is 4.90 Å². The Morgan fingerprint density at radius 2 is 2.17 bits per heavy atom. The van der Waals surface area contributed by atoms with Gasteiger partial charge in [0.2, 0.25) is 0 Å². The van der Waals surface area contributed by atoms with Gasteiger partial charge in [-0.2, -0.15) is 0 Å². The molecule has 0 aliphatic carbocycles. The van der Waals surface area contributed by atoms with Crippen LogP contribution in [-0.4, -0.2) is 12.1 Å². The molecule has 2 nitrogen and oxygen atoms in total. The molecule has 0 aromatic heterocycles. The summed E-state index contributed by atoms with van der Waals surface area (Å²) in [6.45, 7) is 6.62. The summed E-state index contributed by atoms with van der Waals surface area (Å²) in [5.74, 6) is 0. The largest absolute Gasteiger partial charge is 0.365 e. The molecule has 3 atom stereocenters. The van der Waals surface area contributed by atoms with Crippen LogP contribution in [-0.2, 0) is 0 Å². The number of nitrogens with two attached hydrogens (primary N) is 1. The molecule has 1 saturated heterocycles. The van der Waals surface area contributed by atoms with Crippen molar-refractivity contribution < 1.29 is 0 Å². The van der Waals surface area contributed by atoms with Crippen LogP contribution >= 0.6 is 15.9 Å².